The molecule has 0 aliphatic rings. The molecule has 0 saturated heterocycles. The van der Waals surface area contributed by atoms with Crippen LogP contribution in [0.1, 0.15) is 38.2 Å². The van der Waals surface area contributed by atoms with Gasteiger partial charge in [0.05, 0.1) is 6.61 Å². The van der Waals surface area contributed by atoms with Crippen molar-refractivity contribution in [1.82, 2.24) is 5.32 Å². The number of hydrogen-bond acceptors (Lipinski definition) is 2. The topological polar surface area (TPSA) is 38.3 Å². The SMILES string of the molecule is C/C=C/CCCCCNC(=O)COCc1ccc(F)cc1. The number of ether oxygens (including phenoxy) is 1. The van der Waals surface area contributed by atoms with E-state index in [2.05, 4.69) is 17.5 Å². The molecule has 0 heterocycles. The van der Waals surface area contributed by atoms with Gasteiger partial charge in [0.25, 0.3) is 0 Å². The second kappa shape index (κ2) is 11.0. The third kappa shape index (κ3) is 8.97. The Hall–Kier alpha value is -1.68. The van der Waals surface area contributed by atoms with Gasteiger partial charge in [-0.15, -0.1) is 0 Å². The minimum Gasteiger partial charge on any atom is -0.367 e. The summed E-state index contributed by atoms with van der Waals surface area (Å²) >= 11 is 0. The zero-order chi connectivity index (χ0) is 15.3. The summed E-state index contributed by atoms with van der Waals surface area (Å²) in [6.07, 6.45) is 8.57. The molecule has 0 unspecified atom stereocenters. The van der Waals surface area contributed by atoms with E-state index in [4.69, 9.17) is 4.74 Å². The first-order valence-corrected chi connectivity index (χ1v) is 7.42. The molecule has 1 aromatic rings. The maximum Gasteiger partial charge on any atom is 0.246 e. The number of hydrogen-bond donors (Lipinski definition) is 1. The van der Waals surface area contributed by atoms with Crippen LogP contribution in [0.2, 0.25) is 0 Å². The molecule has 1 amide bonds. The molecule has 0 aliphatic heterocycles. The largest absolute Gasteiger partial charge is 0.367 e. The van der Waals surface area contributed by atoms with Crippen LogP contribution in [0.5, 0.6) is 0 Å². The van der Waals surface area contributed by atoms with Gasteiger partial charge in [0, 0.05) is 6.54 Å². The van der Waals surface area contributed by atoms with Gasteiger partial charge in [-0.2, -0.15) is 0 Å². The van der Waals surface area contributed by atoms with Crippen LogP contribution < -0.4 is 5.32 Å². The van der Waals surface area contributed by atoms with E-state index in [1.807, 2.05) is 6.92 Å². The molecule has 3 nitrogen and oxygen atoms in total. The van der Waals surface area contributed by atoms with Crippen LogP contribution in [-0.4, -0.2) is 19.1 Å². The lowest BCUT2D eigenvalue weighted by atomic mass is 10.2. The van der Waals surface area contributed by atoms with Crippen LogP contribution in [0.25, 0.3) is 0 Å². The van der Waals surface area contributed by atoms with Crippen LogP contribution in [0.15, 0.2) is 36.4 Å². The first-order valence-electron chi connectivity index (χ1n) is 7.42. The highest BCUT2D eigenvalue weighted by Gasteiger charge is 2.01. The monoisotopic (exact) mass is 293 g/mol. The van der Waals surface area contributed by atoms with Crippen molar-refractivity contribution in [2.24, 2.45) is 0 Å². The molecule has 0 atom stereocenters. The summed E-state index contributed by atoms with van der Waals surface area (Å²) < 4.78 is 18.0. The molecule has 0 radical (unpaired) electrons. The Morgan fingerprint density at radius 1 is 1.24 bits per heavy atom. The quantitative estimate of drug-likeness (QED) is 0.529. The molecule has 0 spiro atoms. The molecule has 21 heavy (non-hydrogen) atoms. The number of amides is 1. The Labute approximate surface area is 126 Å². The standard InChI is InChI=1S/C17H24FNO2/c1-2-3-4-5-6-7-12-19-17(20)14-21-13-15-8-10-16(18)11-9-15/h2-3,8-11H,4-7,12-14H2,1H3,(H,19,20)/b3-2+. The fraction of sp³-hybridized carbons (Fsp3) is 0.471. The number of halogens is 1. The zero-order valence-electron chi connectivity index (χ0n) is 12.6. The minimum atomic E-state index is -0.272. The van der Waals surface area contributed by atoms with Gasteiger partial charge in [0.15, 0.2) is 0 Å². The van der Waals surface area contributed by atoms with Crippen LogP contribution in [-0.2, 0) is 16.1 Å². The lowest BCUT2D eigenvalue weighted by molar-refractivity contribution is -0.126. The van der Waals surface area contributed by atoms with Crippen molar-refractivity contribution in [3.63, 3.8) is 0 Å². The van der Waals surface area contributed by atoms with E-state index in [-0.39, 0.29) is 18.3 Å². The van der Waals surface area contributed by atoms with Gasteiger partial charge in [-0.25, -0.2) is 4.39 Å². The summed E-state index contributed by atoms with van der Waals surface area (Å²) in [5.41, 5.74) is 0.855. The van der Waals surface area contributed by atoms with Crippen molar-refractivity contribution in [2.45, 2.75) is 39.2 Å². The van der Waals surface area contributed by atoms with Crippen molar-refractivity contribution in [2.75, 3.05) is 13.2 Å². The molecular weight excluding hydrogens is 269 g/mol. The first-order chi connectivity index (χ1) is 10.2. The maximum absolute atomic E-state index is 12.7. The molecule has 0 bridgehead atoms. The highest BCUT2D eigenvalue weighted by Crippen LogP contribution is 2.04. The molecule has 1 rings (SSSR count). The van der Waals surface area contributed by atoms with Crippen molar-refractivity contribution >= 4 is 5.91 Å². The van der Waals surface area contributed by atoms with E-state index in [9.17, 15) is 9.18 Å². The van der Waals surface area contributed by atoms with Gasteiger partial charge in [-0.1, -0.05) is 30.7 Å². The van der Waals surface area contributed by atoms with E-state index in [1.165, 1.54) is 12.1 Å². The van der Waals surface area contributed by atoms with E-state index < -0.39 is 0 Å². The number of carbonyl (C=O) groups is 1. The van der Waals surface area contributed by atoms with Crippen LogP contribution in [0.3, 0.4) is 0 Å². The van der Waals surface area contributed by atoms with Gasteiger partial charge in [-0.3, -0.25) is 4.79 Å². The smallest absolute Gasteiger partial charge is 0.246 e. The van der Waals surface area contributed by atoms with Crippen LogP contribution in [0.4, 0.5) is 4.39 Å². The van der Waals surface area contributed by atoms with Gasteiger partial charge in [-0.05, 0) is 43.9 Å². The predicted molar refractivity (Wildman–Crippen MR) is 82.3 cm³/mol. The molecule has 116 valence electrons. The third-order valence-corrected chi connectivity index (χ3v) is 3.02. The second-order valence-electron chi connectivity index (χ2n) is 4.89. The van der Waals surface area contributed by atoms with Crippen molar-refractivity contribution in [1.29, 1.82) is 0 Å². The van der Waals surface area contributed by atoms with Crippen molar-refractivity contribution in [3.8, 4) is 0 Å². The lowest BCUT2D eigenvalue weighted by Gasteiger charge is -2.06. The van der Waals surface area contributed by atoms with Gasteiger partial charge >= 0.3 is 0 Å². The molecule has 0 aliphatic carbocycles. The molecular formula is C17H24FNO2. The molecule has 0 saturated carbocycles. The first kappa shape index (κ1) is 17.4. The summed E-state index contributed by atoms with van der Waals surface area (Å²) in [5, 5.41) is 2.83. The fourth-order valence-electron chi connectivity index (χ4n) is 1.85. The Morgan fingerprint density at radius 3 is 2.71 bits per heavy atom. The zero-order valence-corrected chi connectivity index (χ0v) is 12.6. The van der Waals surface area contributed by atoms with Crippen LogP contribution >= 0.6 is 0 Å². The number of rotatable bonds is 10. The van der Waals surface area contributed by atoms with Gasteiger partial charge in [0.1, 0.15) is 12.4 Å². The maximum atomic E-state index is 12.7. The summed E-state index contributed by atoms with van der Waals surface area (Å²) in [6, 6.07) is 6.06. The Balaban J connectivity index is 2.00. The normalized spacial score (nSPS) is 11.0. The molecule has 4 heteroatoms. The Morgan fingerprint density at radius 2 is 2.00 bits per heavy atom. The van der Waals surface area contributed by atoms with E-state index in [0.717, 1.165) is 31.2 Å². The van der Waals surface area contributed by atoms with E-state index in [1.54, 1.807) is 12.1 Å². The van der Waals surface area contributed by atoms with Gasteiger partial charge < -0.3 is 10.1 Å². The van der Waals surface area contributed by atoms with Crippen molar-refractivity contribution in [3.05, 3.63) is 47.8 Å². The molecule has 0 aromatic heterocycles. The lowest BCUT2D eigenvalue weighted by Crippen LogP contribution is -2.28. The predicted octanol–water partition coefficient (Wildman–Crippen LogP) is 3.60. The number of unbranched alkanes of at least 4 members (excludes halogenated alkanes) is 3. The summed E-state index contributed by atoms with van der Waals surface area (Å²) in [5.74, 6) is -0.378. The minimum absolute atomic E-state index is 0.0376. The number of nitrogens with one attached hydrogen (secondary N) is 1. The van der Waals surface area contributed by atoms with Crippen LogP contribution in [0, 0.1) is 5.82 Å². The highest BCUT2D eigenvalue weighted by molar-refractivity contribution is 5.77. The van der Waals surface area contributed by atoms with Crippen molar-refractivity contribution < 1.29 is 13.9 Å². The number of carbonyl (C=O) groups excluding carboxylic acids is 1. The summed E-state index contributed by atoms with van der Waals surface area (Å²) in [6.45, 7) is 3.06. The van der Waals surface area contributed by atoms with Gasteiger partial charge in [0.2, 0.25) is 5.91 Å². The Bertz CT molecular complexity index is 429. The summed E-state index contributed by atoms with van der Waals surface area (Å²) in [7, 11) is 0. The molecule has 1 aromatic carbocycles. The van der Waals surface area contributed by atoms with E-state index in [0.29, 0.717) is 13.2 Å². The van der Waals surface area contributed by atoms with E-state index >= 15 is 0 Å². The molecule has 0 fully saturated rings. The second-order valence-corrected chi connectivity index (χ2v) is 4.89. The molecule has 1 N–H and O–H groups in total. The third-order valence-electron chi connectivity index (χ3n) is 3.02. The number of allylic oxidation sites excluding steroid dienone is 2. The average molecular weight is 293 g/mol. The number of benzene rings is 1. The fourth-order valence-corrected chi connectivity index (χ4v) is 1.85. The highest BCUT2D eigenvalue weighted by atomic mass is 19.1. The summed E-state index contributed by atoms with van der Waals surface area (Å²) in [4.78, 5) is 11.5. The Kier molecular flexibility index (Phi) is 9.13. The average Bonchev–Trinajstić information content (AvgIpc) is 2.48.